The van der Waals surface area contributed by atoms with Crippen LogP contribution in [0.25, 0.3) is 0 Å². The molecule has 0 heterocycles. The first kappa shape index (κ1) is 14.5. The number of hydrogen-bond acceptors (Lipinski definition) is 4. The molecule has 114 valence electrons. The molecule has 5 unspecified atom stereocenters. The Morgan fingerprint density at radius 2 is 1.80 bits per heavy atom. The number of nitrogens with two attached hydrogens (primary N) is 4. The zero-order chi connectivity index (χ0) is 14.8. The third-order valence-corrected chi connectivity index (χ3v) is 6.30. The fourth-order valence-electron chi connectivity index (χ4n) is 4.85. The van der Waals surface area contributed by atoms with Crippen molar-refractivity contribution in [2.75, 3.05) is 6.54 Å². The SMILES string of the molecule is CC1(N)C=C(C2CC3(N)CCC2(N)C3)C(C)(CN)CC1. The molecule has 2 saturated carbocycles. The van der Waals surface area contributed by atoms with Crippen molar-refractivity contribution in [3.05, 3.63) is 11.6 Å². The zero-order valence-electron chi connectivity index (χ0n) is 12.9. The number of hydrogen-bond donors (Lipinski definition) is 4. The second-order valence-corrected chi connectivity index (χ2v) is 8.40. The van der Waals surface area contributed by atoms with Gasteiger partial charge >= 0.3 is 0 Å². The summed E-state index contributed by atoms with van der Waals surface area (Å²) in [6, 6.07) is 0. The minimum Gasteiger partial charge on any atom is -0.330 e. The van der Waals surface area contributed by atoms with Gasteiger partial charge in [0.15, 0.2) is 0 Å². The molecule has 0 aromatic heterocycles. The van der Waals surface area contributed by atoms with Gasteiger partial charge in [-0.1, -0.05) is 18.6 Å². The first-order valence-corrected chi connectivity index (χ1v) is 7.92. The van der Waals surface area contributed by atoms with Crippen molar-refractivity contribution in [2.24, 2.45) is 34.3 Å². The van der Waals surface area contributed by atoms with Gasteiger partial charge in [-0.15, -0.1) is 0 Å². The predicted octanol–water partition coefficient (Wildman–Crippen LogP) is 0.988. The summed E-state index contributed by atoms with van der Waals surface area (Å²) in [5.74, 6) is 0.359. The highest BCUT2D eigenvalue weighted by molar-refractivity contribution is 5.34. The molecular weight excluding hydrogens is 248 g/mol. The summed E-state index contributed by atoms with van der Waals surface area (Å²) < 4.78 is 0. The Morgan fingerprint density at radius 1 is 1.10 bits per heavy atom. The summed E-state index contributed by atoms with van der Waals surface area (Å²) in [6.45, 7) is 5.05. The maximum atomic E-state index is 6.72. The quantitative estimate of drug-likeness (QED) is 0.565. The van der Waals surface area contributed by atoms with Crippen LogP contribution in [0.15, 0.2) is 11.6 Å². The largest absolute Gasteiger partial charge is 0.330 e. The monoisotopic (exact) mass is 278 g/mol. The highest BCUT2D eigenvalue weighted by Gasteiger charge is 2.59. The lowest BCUT2D eigenvalue weighted by Crippen LogP contribution is -2.51. The molecule has 20 heavy (non-hydrogen) atoms. The lowest BCUT2D eigenvalue weighted by molar-refractivity contribution is 0.218. The maximum absolute atomic E-state index is 6.72. The molecule has 0 amide bonds. The van der Waals surface area contributed by atoms with Crippen molar-refractivity contribution in [2.45, 2.75) is 69.0 Å². The van der Waals surface area contributed by atoms with Gasteiger partial charge in [0.2, 0.25) is 0 Å². The van der Waals surface area contributed by atoms with Gasteiger partial charge < -0.3 is 22.9 Å². The molecule has 0 radical (unpaired) electrons. The van der Waals surface area contributed by atoms with Gasteiger partial charge in [-0.25, -0.2) is 0 Å². The fourth-order valence-corrected chi connectivity index (χ4v) is 4.85. The molecule has 3 aliphatic carbocycles. The van der Waals surface area contributed by atoms with Crippen LogP contribution in [0, 0.1) is 11.3 Å². The van der Waals surface area contributed by atoms with Crippen LogP contribution in [0.4, 0.5) is 0 Å². The van der Waals surface area contributed by atoms with Gasteiger partial charge in [-0.05, 0) is 45.4 Å². The molecule has 0 saturated heterocycles. The van der Waals surface area contributed by atoms with E-state index in [1.165, 1.54) is 5.57 Å². The molecule has 2 bridgehead atoms. The highest BCUT2D eigenvalue weighted by atomic mass is 14.9. The Labute approximate surface area is 122 Å². The second kappa shape index (κ2) is 4.07. The van der Waals surface area contributed by atoms with Crippen LogP contribution in [-0.2, 0) is 0 Å². The van der Waals surface area contributed by atoms with E-state index in [9.17, 15) is 0 Å². The van der Waals surface area contributed by atoms with E-state index in [1.807, 2.05) is 0 Å². The van der Waals surface area contributed by atoms with Gasteiger partial charge in [-0.3, -0.25) is 0 Å². The standard InChI is InChI=1S/C16H30N4/c1-13(10-17)3-4-14(2,18)7-11(13)12-8-15(19)5-6-16(12,20)9-15/h7,12H,3-6,8-10,17-20H2,1-2H3. The van der Waals surface area contributed by atoms with Gasteiger partial charge in [0, 0.05) is 34.5 Å². The van der Waals surface area contributed by atoms with E-state index in [2.05, 4.69) is 19.9 Å². The van der Waals surface area contributed by atoms with Crippen LogP contribution in [0.5, 0.6) is 0 Å². The van der Waals surface area contributed by atoms with E-state index >= 15 is 0 Å². The third kappa shape index (κ3) is 2.05. The Morgan fingerprint density at radius 3 is 2.30 bits per heavy atom. The van der Waals surface area contributed by atoms with Crippen LogP contribution >= 0.6 is 0 Å². The molecule has 4 nitrogen and oxygen atoms in total. The fraction of sp³-hybridized carbons (Fsp3) is 0.875. The molecule has 0 aromatic rings. The average molecular weight is 278 g/mol. The van der Waals surface area contributed by atoms with Gasteiger partial charge in [-0.2, -0.15) is 0 Å². The molecular formula is C16H30N4. The van der Waals surface area contributed by atoms with Gasteiger partial charge in [0.05, 0.1) is 0 Å². The van der Waals surface area contributed by atoms with Gasteiger partial charge in [0.25, 0.3) is 0 Å². The Balaban J connectivity index is 2.01. The molecule has 0 aliphatic heterocycles. The van der Waals surface area contributed by atoms with Crippen molar-refractivity contribution in [3.63, 3.8) is 0 Å². The number of rotatable bonds is 2. The number of fused-ring (bicyclic) bond motifs is 2. The van der Waals surface area contributed by atoms with E-state index < -0.39 is 0 Å². The molecule has 5 atom stereocenters. The van der Waals surface area contributed by atoms with E-state index in [0.717, 1.165) is 38.5 Å². The first-order chi connectivity index (χ1) is 9.12. The highest BCUT2D eigenvalue weighted by Crippen LogP contribution is 2.58. The van der Waals surface area contributed by atoms with Crippen molar-refractivity contribution in [1.82, 2.24) is 0 Å². The molecule has 2 fully saturated rings. The molecule has 3 rings (SSSR count). The zero-order valence-corrected chi connectivity index (χ0v) is 12.9. The minimum absolute atomic E-state index is 0.0384. The van der Waals surface area contributed by atoms with Crippen LogP contribution < -0.4 is 22.9 Å². The Kier molecular flexibility index (Phi) is 2.95. The summed E-state index contributed by atoms with van der Waals surface area (Å²) in [6.07, 6.45) is 8.35. The summed E-state index contributed by atoms with van der Waals surface area (Å²) in [5.41, 5.74) is 26.7. The topological polar surface area (TPSA) is 104 Å². The van der Waals surface area contributed by atoms with Crippen molar-refractivity contribution < 1.29 is 0 Å². The van der Waals surface area contributed by atoms with E-state index in [1.54, 1.807) is 0 Å². The molecule has 0 aromatic carbocycles. The lowest BCUT2D eigenvalue weighted by Gasteiger charge is -2.47. The summed E-state index contributed by atoms with van der Waals surface area (Å²) in [5, 5.41) is 0. The third-order valence-electron chi connectivity index (χ3n) is 6.30. The average Bonchev–Trinajstić information content (AvgIpc) is 2.81. The van der Waals surface area contributed by atoms with Crippen LogP contribution in [0.1, 0.15) is 52.4 Å². The van der Waals surface area contributed by atoms with Crippen LogP contribution in [0.3, 0.4) is 0 Å². The normalized spacial score (nSPS) is 55.1. The summed E-state index contributed by atoms with van der Waals surface area (Å²) in [7, 11) is 0. The van der Waals surface area contributed by atoms with Crippen molar-refractivity contribution in [3.8, 4) is 0 Å². The van der Waals surface area contributed by atoms with Crippen molar-refractivity contribution in [1.29, 1.82) is 0 Å². The van der Waals surface area contributed by atoms with E-state index in [-0.39, 0.29) is 22.0 Å². The molecule has 3 aliphatic rings. The van der Waals surface area contributed by atoms with E-state index in [0.29, 0.717) is 12.5 Å². The smallest absolute Gasteiger partial charge is 0.0313 e. The lowest BCUT2D eigenvalue weighted by atomic mass is 9.61. The predicted molar refractivity (Wildman–Crippen MR) is 82.9 cm³/mol. The first-order valence-electron chi connectivity index (χ1n) is 7.92. The summed E-state index contributed by atoms with van der Waals surface area (Å²) in [4.78, 5) is 0. The second-order valence-electron chi connectivity index (χ2n) is 8.40. The Bertz CT molecular complexity index is 457. The van der Waals surface area contributed by atoms with E-state index in [4.69, 9.17) is 22.9 Å². The molecule has 8 N–H and O–H groups in total. The van der Waals surface area contributed by atoms with Crippen molar-refractivity contribution >= 4 is 0 Å². The minimum atomic E-state index is -0.232. The molecule has 4 heteroatoms. The van der Waals surface area contributed by atoms with Crippen LogP contribution in [0.2, 0.25) is 0 Å². The van der Waals surface area contributed by atoms with Gasteiger partial charge in [0.1, 0.15) is 0 Å². The maximum Gasteiger partial charge on any atom is 0.0313 e. The molecule has 0 spiro atoms. The Hall–Kier alpha value is -0.420. The van der Waals surface area contributed by atoms with Crippen LogP contribution in [-0.4, -0.2) is 23.2 Å². The summed E-state index contributed by atoms with van der Waals surface area (Å²) >= 11 is 0.